The molecule has 1 saturated heterocycles. The van der Waals surface area contributed by atoms with Gasteiger partial charge in [-0.3, -0.25) is 15.2 Å². The summed E-state index contributed by atoms with van der Waals surface area (Å²) < 4.78 is 25.5. The van der Waals surface area contributed by atoms with Crippen molar-refractivity contribution in [1.29, 1.82) is 0 Å². The van der Waals surface area contributed by atoms with Crippen molar-refractivity contribution in [3.05, 3.63) is 119 Å². The van der Waals surface area contributed by atoms with Gasteiger partial charge in [-0.1, -0.05) is 36.8 Å². The Labute approximate surface area is 297 Å². The number of hydrogen-bond acceptors (Lipinski definition) is 11. The van der Waals surface area contributed by atoms with Gasteiger partial charge < -0.3 is 18.9 Å². The number of allylic oxidation sites excluding steroid dienone is 2. The Morgan fingerprint density at radius 2 is 1.53 bits per heavy atom. The van der Waals surface area contributed by atoms with Crippen molar-refractivity contribution < 1.29 is 43.5 Å². The second-order valence-electron chi connectivity index (χ2n) is 14.6. The van der Waals surface area contributed by atoms with Gasteiger partial charge in [0.15, 0.2) is 0 Å². The number of carbonyl (C=O) groups excluding carboxylic acids is 3. The van der Waals surface area contributed by atoms with E-state index in [1.54, 1.807) is 80.8 Å². The number of benzene rings is 1. The number of rotatable bonds is 9. The van der Waals surface area contributed by atoms with E-state index >= 15 is 0 Å². The van der Waals surface area contributed by atoms with Crippen molar-refractivity contribution in [2.24, 2.45) is 10.8 Å². The number of carbonyl (C=O) groups is 3. The minimum atomic E-state index is -1.32. The molecule has 1 fully saturated rings. The summed E-state index contributed by atoms with van der Waals surface area (Å²) in [5, 5.41) is 10.4. The Balaban J connectivity index is 1.56. The van der Waals surface area contributed by atoms with Crippen LogP contribution in [0.3, 0.4) is 0 Å². The number of ether oxygens (including phenoxy) is 4. The van der Waals surface area contributed by atoms with E-state index in [2.05, 4.69) is 9.97 Å². The highest BCUT2D eigenvalue weighted by Crippen LogP contribution is 2.64. The number of fused-ring (bicyclic) bond motifs is 2. The van der Waals surface area contributed by atoms with Crippen molar-refractivity contribution in [2.45, 2.75) is 89.8 Å². The highest BCUT2D eigenvalue weighted by molar-refractivity contribution is 5.90. The van der Waals surface area contributed by atoms with Crippen LogP contribution in [-0.2, 0) is 23.8 Å². The molecule has 3 heterocycles. The van der Waals surface area contributed by atoms with Crippen LogP contribution in [0, 0.1) is 10.8 Å². The lowest BCUT2D eigenvalue weighted by Crippen LogP contribution is -2.59. The fraction of sp³-hybridized carbons (Fsp3) is 0.425. The Morgan fingerprint density at radius 1 is 0.902 bits per heavy atom. The molecule has 0 saturated carbocycles. The molecule has 6 unspecified atom stereocenters. The van der Waals surface area contributed by atoms with Crippen LogP contribution in [-0.4, -0.2) is 69.3 Å². The highest BCUT2D eigenvalue weighted by Gasteiger charge is 2.68. The summed E-state index contributed by atoms with van der Waals surface area (Å²) in [7, 11) is 0. The molecule has 1 N–H and O–H groups in total. The van der Waals surface area contributed by atoms with E-state index in [4.69, 9.17) is 23.8 Å². The molecule has 2 aromatic heterocycles. The third-order valence-corrected chi connectivity index (χ3v) is 10.9. The maximum Gasteiger partial charge on any atom is 0.340 e. The Bertz CT molecular complexity index is 1810. The molecule has 0 radical (unpaired) electrons. The van der Waals surface area contributed by atoms with Crippen LogP contribution in [0.5, 0.6) is 0 Å². The quantitative estimate of drug-likeness (QED) is 0.0618. The predicted octanol–water partition coefficient (Wildman–Crippen LogP) is 6.96. The SMILES string of the molecule is CC1=CC(OC(=O)c2cccnc2)C2(COC(=O)c3ccccc3)CC=C(C(C)(C)OO)C2(C)C(OC(=O)c2cccnc2)CC2(C)OC2CC1. The zero-order chi connectivity index (χ0) is 36.4. The predicted molar refractivity (Wildman–Crippen MR) is 186 cm³/mol. The first-order valence-electron chi connectivity index (χ1n) is 17.2. The average molecular weight is 697 g/mol. The van der Waals surface area contributed by atoms with Crippen molar-refractivity contribution in [1.82, 2.24) is 9.97 Å². The van der Waals surface area contributed by atoms with Crippen molar-refractivity contribution in [2.75, 3.05) is 6.61 Å². The van der Waals surface area contributed by atoms with Crippen LogP contribution in [0.2, 0.25) is 0 Å². The molecule has 1 aromatic carbocycles. The van der Waals surface area contributed by atoms with Gasteiger partial charge in [0.05, 0.1) is 33.8 Å². The molecule has 3 aromatic rings. The standard InChI is InChI=1S/C40H44N2O9/c1-26-15-16-31-38(4,50-31)22-33(49-36(45)29-14-10-20-42-24-29)39(5)30(37(2,3)51-46)17-18-40(39,25-47-34(43)27-11-7-6-8-12-27)32(21-26)48-35(44)28-13-9-19-41-23-28/h6-14,17,19-21,23-24,31-33,46H,15-16,18,22,25H2,1-5H3. The Hall–Kier alpha value is -4.71. The number of aromatic nitrogens is 2. The maximum absolute atomic E-state index is 14.0. The highest BCUT2D eigenvalue weighted by atomic mass is 17.1. The lowest BCUT2D eigenvalue weighted by atomic mass is 9.55. The van der Waals surface area contributed by atoms with E-state index in [0.717, 1.165) is 5.57 Å². The van der Waals surface area contributed by atoms with Gasteiger partial charge in [0, 0.05) is 36.6 Å². The second kappa shape index (κ2) is 14.1. The fourth-order valence-corrected chi connectivity index (χ4v) is 7.87. The third kappa shape index (κ3) is 6.98. The van der Waals surface area contributed by atoms with Gasteiger partial charge in [-0.2, -0.15) is 0 Å². The summed E-state index contributed by atoms with van der Waals surface area (Å²) in [6.07, 6.45) is 9.45. The molecule has 1 aliphatic heterocycles. The number of pyridine rings is 2. The topological polar surface area (TPSA) is 147 Å². The number of hydrogen-bond donors (Lipinski definition) is 1. The molecule has 6 atom stereocenters. The van der Waals surface area contributed by atoms with Crippen molar-refractivity contribution >= 4 is 17.9 Å². The zero-order valence-corrected chi connectivity index (χ0v) is 29.5. The molecule has 268 valence electrons. The number of epoxide rings is 1. The van der Waals surface area contributed by atoms with Crippen LogP contribution in [0.25, 0.3) is 0 Å². The van der Waals surface area contributed by atoms with Crippen LogP contribution in [0.15, 0.2) is 103 Å². The first kappa shape index (κ1) is 36.1. The lowest BCUT2D eigenvalue weighted by molar-refractivity contribution is -0.306. The number of esters is 3. The monoisotopic (exact) mass is 696 g/mol. The maximum atomic E-state index is 14.0. The molecule has 0 bridgehead atoms. The first-order chi connectivity index (χ1) is 24.3. The first-order valence-corrected chi connectivity index (χ1v) is 17.2. The minimum Gasteiger partial charge on any atom is -0.461 e. The smallest absolute Gasteiger partial charge is 0.340 e. The van der Waals surface area contributed by atoms with Gasteiger partial charge in [0.25, 0.3) is 0 Å². The zero-order valence-electron chi connectivity index (χ0n) is 29.5. The molecule has 0 spiro atoms. The van der Waals surface area contributed by atoms with E-state index in [1.807, 2.05) is 32.9 Å². The Morgan fingerprint density at radius 3 is 2.14 bits per heavy atom. The molecule has 2 aliphatic carbocycles. The van der Waals surface area contributed by atoms with Crippen LogP contribution >= 0.6 is 0 Å². The molecular weight excluding hydrogens is 652 g/mol. The summed E-state index contributed by atoms with van der Waals surface area (Å²) in [5.74, 6) is -1.83. The molecule has 0 amide bonds. The molecule has 11 heteroatoms. The largest absolute Gasteiger partial charge is 0.461 e. The van der Waals surface area contributed by atoms with Crippen molar-refractivity contribution in [3.63, 3.8) is 0 Å². The second-order valence-corrected chi connectivity index (χ2v) is 14.6. The third-order valence-electron chi connectivity index (χ3n) is 10.9. The van der Waals surface area contributed by atoms with E-state index in [1.165, 1.54) is 12.4 Å². The molecule has 11 nitrogen and oxygen atoms in total. The van der Waals surface area contributed by atoms with Gasteiger partial charge in [-0.25, -0.2) is 19.3 Å². The summed E-state index contributed by atoms with van der Waals surface area (Å²) in [5.41, 5.74) is -2.26. The van der Waals surface area contributed by atoms with Crippen LogP contribution < -0.4 is 0 Å². The van der Waals surface area contributed by atoms with Gasteiger partial charge in [0.1, 0.15) is 24.4 Å². The van der Waals surface area contributed by atoms with E-state index in [0.29, 0.717) is 24.0 Å². The van der Waals surface area contributed by atoms with Gasteiger partial charge >= 0.3 is 17.9 Å². The summed E-state index contributed by atoms with van der Waals surface area (Å²) in [6.45, 7) is 9.01. The summed E-state index contributed by atoms with van der Waals surface area (Å²) in [6, 6.07) is 15.1. The molecule has 6 rings (SSSR count). The number of nitrogens with zero attached hydrogens (tertiary/aromatic N) is 2. The summed E-state index contributed by atoms with van der Waals surface area (Å²) in [4.78, 5) is 54.9. The molecule has 3 aliphatic rings. The summed E-state index contributed by atoms with van der Waals surface area (Å²) >= 11 is 0. The van der Waals surface area contributed by atoms with Crippen LogP contribution in [0.4, 0.5) is 0 Å². The normalized spacial score (nSPS) is 28.9. The van der Waals surface area contributed by atoms with Gasteiger partial charge in [-0.05, 0) is 95.0 Å². The van der Waals surface area contributed by atoms with E-state index < -0.39 is 52.1 Å². The lowest BCUT2D eigenvalue weighted by Gasteiger charge is -2.53. The minimum absolute atomic E-state index is 0.125. The Kier molecular flexibility index (Phi) is 10.0. The average Bonchev–Trinajstić information content (AvgIpc) is 3.68. The van der Waals surface area contributed by atoms with Gasteiger partial charge in [-0.15, -0.1) is 0 Å². The van der Waals surface area contributed by atoms with E-state index in [9.17, 15) is 19.6 Å². The fourth-order valence-electron chi connectivity index (χ4n) is 7.87. The van der Waals surface area contributed by atoms with Crippen molar-refractivity contribution in [3.8, 4) is 0 Å². The molecule has 51 heavy (non-hydrogen) atoms. The molecular formula is C40H44N2O9. The van der Waals surface area contributed by atoms with Crippen LogP contribution in [0.1, 0.15) is 91.4 Å². The van der Waals surface area contributed by atoms with Gasteiger partial charge in [0.2, 0.25) is 0 Å². The van der Waals surface area contributed by atoms with E-state index in [-0.39, 0.29) is 36.7 Å².